The summed E-state index contributed by atoms with van der Waals surface area (Å²) in [4.78, 5) is 4.18. The molecular weight excluding hydrogens is 383 g/mol. The largest absolute Gasteiger partial charge is 0.497 e. The Hall–Kier alpha value is -2.87. The number of rotatable bonds is 8. The molecule has 148 valence electrons. The fraction of sp³-hybridized carbons (Fsp3) is 0.250. The van der Waals surface area contributed by atoms with Crippen molar-refractivity contribution in [1.82, 2.24) is 4.98 Å². The van der Waals surface area contributed by atoms with Crippen LogP contribution in [0.4, 0.5) is 10.3 Å². The number of sulfone groups is 1. The van der Waals surface area contributed by atoms with Crippen molar-refractivity contribution >= 4 is 15.7 Å². The number of unbranched alkanes of at least 4 members (excludes halogenated alkanes) is 1. The number of nitrogens with zero attached hydrogens (tertiary/aromatic N) is 1. The number of oxazole rings is 1. The number of aromatic nitrogens is 1. The van der Waals surface area contributed by atoms with Crippen molar-refractivity contribution in [2.24, 2.45) is 0 Å². The van der Waals surface area contributed by atoms with Crippen LogP contribution in [0.25, 0.3) is 11.5 Å². The highest BCUT2D eigenvalue weighted by molar-refractivity contribution is 7.91. The minimum atomic E-state index is -3.98. The summed E-state index contributed by atoms with van der Waals surface area (Å²) in [6, 6.07) is 11.5. The first-order valence-corrected chi connectivity index (χ1v) is 10.3. The Kier molecular flexibility index (Phi) is 5.99. The van der Waals surface area contributed by atoms with Crippen molar-refractivity contribution in [2.75, 3.05) is 19.0 Å². The minimum absolute atomic E-state index is 0.0537. The van der Waals surface area contributed by atoms with Crippen molar-refractivity contribution in [2.45, 2.75) is 29.7 Å². The Bertz CT molecular complexity index is 1030. The van der Waals surface area contributed by atoms with Crippen LogP contribution in [0.2, 0.25) is 0 Å². The molecule has 3 rings (SSSR count). The van der Waals surface area contributed by atoms with E-state index in [1.165, 1.54) is 12.1 Å². The van der Waals surface area contributed by atoms with Crippen molar-refractivity contribution in [1.29, 1.82) is 0 Å². The highest BCUT2D eigenvalue weighted by Gasteiger charge is 2.28. The zero-order valence-corrected chi connectivity index (χ0v) is 16.4. The fourth-order valence-corrected chi connectivity index (χ4v) is 3.84. The van der Waals surface area contributed by atoms with E-state index in [2.05, 4.69) is 10.3 Å². The molecule has 28 heavy (non-hydrogen) atoms. The molecule has 0 radical (unpaired) electrons. The first-order valence-electron chi connectivity index (χ1n) is 8.85. The highest BCUT2D eigenvalue weighted by Crippen LogP contribution is 2.33. The molecule has 0 aliphatic carbocycles. The minimum Gasteiger partial charge on any atom is -0.497 e. The molecule has 0 spiro atoms. The number of hydrogen-bond acceptors (Lipinski definition) is 6. The second kappa shape index (κ2) is 8.43. The number of hydrogen-bond donors (Lipinski definition) is 1. The van der Waals surface area contributed by atoms with Crippen molar-refractivity contribution in [3.8, 4) is 17.2 Å². The van der Waals surface area contributed by atoms with E-state index in [0.29, 0.717) is 17.9 Å². The standard InChI is InChI=1S/C20H21FN2O4S/c1-3-4-13-22-19-20(28(24,25)17-11-7-15(21)8-12-17)23-18(27-19)14-5-9-16(26-2)10-6-14/h5-12,22H,3-4,13H2,1-2H3. The maximum atomic E-state index is 13.2. The van der Waals surface area contributed by atoms with Crippen molar-refractivity contribution in [3.05, 3.63) is 54.3 Å². The van der Waals surface area contributed by atoms with Crippen LogP contribution in [0.1, 0.15) is 19.8 Å². The van der Waals surface area contributed by atoms with Crippen LogP contribution in [0.3, 0.4) is 0 Å². The lowest BCUT2D eigenvalue weighted by atomic mass is 10.2. The Morgan fingerprint density at radius 2 is 1.79 bits per heavy atom. The summed E-state index contributed by atoms with van der Waals surface area (Å²) >= 11 is 0. The van der Waals surface area contributed by atoms with Gasteiger partial charge in [-0.3, -0.25) is 0 Å². The number of methoxy groups -OCH3 is 1. The molecule has 0 unspecified atom stereocenters. The van der Waals surface area contributed by atoms with Gasteiger partial charge in [0.1, 0.15) is 11.6 Å². The lowest BCUT2D eigenvalue weighted by Gasteiger charge is -2.05. The van der Waals surface area contributed by atoms with Gasteiger partial charge >= 0.3 is 0 Å². The lowest BCUT2D eigenvalue weighted by Crippen LogP contribution is -2.08. The molecule has 0 fully saturated rings. The van der Waals surface area contributed by atoms with E-state index in [0.717, 1.165) is 25.0 Å². The number of nitrogens with one attached hydrogen (secondary N) is 1. The van der Waals surface area contributed by atoms with Crippen LogP contribution in [0, 0.1) is 5.82 Å². The van der Waals surface area contributed by atoms with Gasteiger partial charge in [-0.25, -0.2) is 12.8 Å². The molecule has 1 N–H and O–H groups in total. The third-order valence-corrected chi connectivity index (χ3v) is 5.81. The Balaban J connectivity index is 2.04. The molecule has 1 aromatic heterocycles. The molecule has 0 saturated heterocycles. The van der Waals surface area contributed by atoms with Gasteiger partial charge in [0.15, 0.2) is 0 Å². The SMILES string of the molecule is CCCCNc1oc(-c2ccc(OC)cc2)nc1S(=O)(=O)c1ccc(F)cc1. The van der Waals surface area contributed by atoms with E-state index >= 15 is 0 Å². The van der Waals surface area contributed by atoms with E-state index in [4.69, 9.17) is 9.15 Å². The molecule has 0 saturated carbocycles. The number of anilines is 1. The van der Waals surface area contributed by atoms with E-state index in [-0.39, 0.29) is 21.7 Å². The van der Waals surface area contributed by atoms with Gasteiger partial charge in [-0.05, 0) is 55.0 Å². The zero-order chi connectivity index (χ0) is 20.1. The van der Waals surface area contributed by atoms with Gasteiger partial charge in [0, 0.05) is 12.1 Å². The molecular formula is C20H21FN2O4S. The molecule has 2 aromatic carbocycles. The smallest absolute Gasteiger partial charge is 0.233 e. The average Bonchev–Trinajstić information content (AvgIpc) is 3.14. The average molecular weight is 404 g/mol. The van der Waals surface area contributed by atoms with Gasteiger partial charge in [-0.1, -0.05) is 13.3 Å². The van der Waals surface area contributed by atoms with Gasteiger partial charge in [0.25, 0.3) is 0 Å². The molecule has 0 aliphatic rings. The molecule has 0 atom stereocenters. The van der Waals surface area contributed by atoms with E-state index in [9.17, 15) is 12.8 Å². The quantitative estimate of drug-likeness (QED) is 0.439. The van der Waals surface area contributed by atoms with Gasteiger partial charge in [-0.2, -0.15) is 4.98 Å². The summed E-state index contributed by atoms with van der Waals surface area (Å²) in [5.41, 5.74) is 0.611. The Morgan fingerprint density at radius 3 is 2.39 bits per heavy atom. The van der Waals surface area contributed by atoms with Gasteiger partial charge < -0.3 is 14.5 Å². The second-order valence-corrected chi connectivity index (χ2v) is 7.98. The van der Waals surface area contributed by atoms with Crippen molar-refractivity contribution < 1.29 is 22.0 Å². The zero-order valence-electron chi connectivity index (χ0n) is 15.6. The third-order valence-electron chi connectivity index (χ3n) is 4.13. The first kappa shape index (κ1) is 19.9. The van der Waals surface area contributed by atoms with Gasteiger partial charge in [0.05, 0.1) is 12.0 Å². The van der Waals surface area contributed by atoms with Gasteiger partial charge in [0.2, 0.25) is 26.6 Å². The molecule has 1 heterocycles. The number of benzene rings is 2. The molecule has 0 aliphatic heterocycles. The van der Waals surface area contributed by atoms with E-state index < -0.39 is 15.7 Å². The predicted molar refractivity (Wildman–Crippen MR) is 104 cm³/mol. The van der Waals surface area contributed by atoms with Crippen LogP contribution in [0.15, 0.2) is 62.9 Å². The normalized spacial score (nSPS) is 11.4. The summed E-state index contributed by atoms with van der Waals surface area (Å²) in [6.45, 7) is 2.57. The van der Waals surface area contributed by atoms with Crippen LogP contribution in [0.5, 0.6) is 5.75 Å². The molecule has 8 heteroatoms. The topological polar surface area (TPSA) is 81.4 Å². The summed E-state index contributed by atoms with van der Waals surface area (Å²) < 4.78 is 50.1. The summed E-state index contributed by atoms with van der Waals surface area (Å²) in [5, 5.41) is 2.79. The van der Waals surface area contributed by atoms with E-state index in [1.54, 1.807) is 31.4 Å². The second-order valence-electron chi connectivity index (χ2n) is 6.12. The van der Waals surface area contributed by atoms with Crippen LogP contribution in [-0.2, 0) is 9.84 Å². The van der Waals surface area contributed by atoms with E-state index in [1.807, 2.05) is 6.92 Å². The van der Waals surface area contributed by atoms with Crippen molar-refractivity contribution in [3.63, 3.8) is 0 Å². The molecule has 3 aromatic rings. The first-order chi connectivity index (χ1) is 13.5. The summed E-state index contributed by atoms with van der Waals surface area (Å²) in [5.74, 6) is 0.390. The number of halogens is 1. The third kappa shape index (κ3) is 4.17. The predicted octanol–water partition coefficient (Wildman–Crippen LogP) is 4.53. The number of ether oxygens (including phenoxy) is 1. The fourth-order valence-electron chi connectivity index (χ4n) is 2.56. The Morgan fingerprint density at radius 1 is 1.11 bits per heavy atom. The van der Waals surface area contributed by atoms with Crippen LogP contribution in [-0.4, -0.2) is 27.1 Å². The van der Waals surface area contributed by atoms with Crippen LogP contribution >= 0.6 is 0 Å². The summed E-state index contributed by atoms with van der Waals surface area (Å²) in [7, 11) is -2.42. The highest BCUT2D eigenvalue weighted by atomic mass is 32.2. The maximum Gasteiger partial charge on any atom is 0.233 e. The Labute approximate surface area is 163 Å². The maximum absolute atomic E-state index is 13.2. The van der Waals surface area contributed by atoms with Gasteiger partial charge in [-0.15, -0.1) is 0 Å². The molecule has 0 bridgehead atoms. The molecule has 0 amide bonds. The monoisotopic (exact) mass is 404 g/mol. The lowest BCUT2D eigenvalue weighted by molar-refractivity contribution is 0.415. The summed E-state index contributed by atoms with van der Waals surface area (Å²) in [6.07, 6.45) is 1.78. The van der Waals surface area contributed by atoms with Crippen LogP contribution < -0.4 is 10.1 Å². The molecule has 6 nitrogen and oxygen atoms in total.